The molecule has 1 atom stereocenters. The van der Waals surface area contributed by atoms with Crippen molar-refractivity contribution < 1.29 is 18.8 Å². The SMILES string of the molecule is C[S+]([O-])c1ccc(/C=C2\C=C(CC(=O)O)c3cc(F)ccc32)cc1. The molecule has 3 rings (SSSR count). The van der Waals surface area contributed by atoms with E-state index in [9.17, 15) is 13.7 Å². The molecule has 1 aliphatic rings. The van der Waals surface area contributed by atoms with Crippen molar-refractivity contribution in [3.63, 3.8) is 0 Å². The zero-order chi connectivity index (χ0) is 17.3. The van der Waals surface area contributed by atoms with Crippen LogP contribution in [0.2, 0.25) is 0 Å². The first-order valence-corrected chi connectivity index (χ1v) is 8.88. The molecule has 0 heterocycles. The Balaban J connectivity index is 2.01. The van der Waals surface area contributed by atoms with Gasteiger partial charge in [-0.3, -0.25) is 4.79 Å². The van der Waals surface area contributed by atoms with E-state index in [2.05, 4.69) is 0 Å². The van der Waals surface area contributed by atoms with Crippen molar-refractivity contribution in [1.29, 1.82) is 0 Å². The van der Waals surface area contributed by atoms with Crippen molar-refractivity contribution in [2.75, 3.05) is 6.26 Å². The molecule has 1 N–H and O–H groups in total. The van der Waals surface area contributed by atoms with Crippen LogP contribution in [0.3, 0.4) is 0 Å². The Morgan fingerprint density at radius 1 is 1.21 bits per heavy atom. The van der Waals surface area contributed by atoms with Gasteiger partial charge in [-0.1, -0.05) is 6.07 Å². The summed E-state index contributed by atoms with van der Waals surface area (Å²) in [6.07, 6.45) is 5.16. The standard InChI is InChI=1S/C19H15FO3S/c1-24(23)16-5-2-12(3-6-16)8-13-9-14(10-19(21)22)18-11-15(20)4-7-17(13)18/h2-9,11H,10H2,1H3,(H,21,22)/b13-8+. The van der Waals surface area contributed by atoms with E-state index in [4.69, 9.17) is 5.11 Å². The highest BCUT2D eigenvalue weighted by atomic mass is 32.2. The predicted molar refractivity (Wildman–Crippen MR) is 93.3 cm³/mol. The lowest BCUT2D eigenvalue weighted by Gasteiger charge is -2.05. The van der Waals surface area contributed by atoms with E-state index in [1.807, 2.05) is 18.2 Å². The number of benzene rings is 2. The number of halogens is 1. The molecule has 0 fully saturated rings. The van der Waals surface area contributed by atoms with Crippen LogP contribution < -0.4 is 0 Å². The highest BCUT2D eigenvalue weighted by Crippen LogP contribution is 2.38. The second-order valence-corrected chi connectivity index (χ2v) is 6.93. The molecule has 5 heteroatoms. The number of carboxylic acid groups (broad SMARTS) is 1. The lowest BCUT2D eigenvalue weighted by Crippen LogP contribution is -1.96. The molecule has 2 aromatic rings. The van der Waals surface area contributed by atoms with Crippen LogP contribution in [0.15, 0.2) is 53.4 Å². The topological polar surface area (TPSA) is 60.4 Å². The molecule has 2 aromatic carbocycles. The van der Waals surface area contributed by atoms with Crippen molar-refractivity contribution in [3.05, 3.63) is 71.0 Å². The van der Waals surface area contributed by atoms with Crippen molar-refractivity contribution in [1.82, 2.24) is 0 Å². The number of aliphatic carboxylic acids is 1. The maximum absolute atomic E-state index is 13.5. The Labute approximate surface area is 142 Å². The number of allylic oxidation sites excluding steroid dienone is 2. The minimum atomic E-state index is -1.03. The van der Waals surface area contributed by atoms with Gasteiger partial charge in [0.1, 0.15) is 12.1 Å². The molecule has 0 aliphatic heterocycles. The first kappa shape index (κ1) is 16.5. The summed E-state index contributed by atoms with van der Waals surface area (Å²) in [6.45, 7) is 0. The van der Waals surface area contributed by atoms with Gasteiger partial charge in [-0.2, -0.15) is 0 Å². The number of fused-ring (bicyclic) bond motifs is 1. The quantitative estimate of drug-likeness (QED) is 0.855. The Kier molecular flexibility index (Phi) is 4.55. The van der Waals surface area contributed by atoms with Gasteiger partial charge < -0.3 is 9.66 Å². The third-order valence-corrected chi connectivity index (χ3v) is 4.78. The van der Waals surface area contributed by atoms with E-state index in [-0.39, 0.29) is 12.2 Å². The van der Waals surface area contributed by atoms with Gasteiger partial charge in [-0.15, -0.1) is 0 Å². The summed E-state index contributed by atoms with van der Waals surface area (Å²) < 4.78 is 25.0. The van der Waals surface area contributed by atoms with Gasteiger partial charge in [0.2, 0.25) is 0 Å². The Morgan fingerprint density at radius 3 is 2.54 bits per heavy atom. The molecule has 0 aromatic heterocycles. The van der Waals surface area contributed by atoms with Crippen LogP contribution in [0.5, 0.6) is 0 Å². The summed E-state index contributed by atoms with van der Waals surface area (Å²) >= 11 is -1.03. The van der Waals surface area contributed by atoms with Crippen LogP contribution in [-0.2, 0) is 16.0 Å². The maximum Gasteiger partial charge on any atom is 0.307 e. The third kappa shape index (κ3) is 3.42. The van der Waals surface area contributed by atoms with Crippen LogP contribution in [0.1, 0.15) is 23.1 Å². The monoisotopic (exact) mass is 342 g/mol. The molecular formula is C19H15FO3S. The lowest BCUT2D eigenvalue weighted by molar-refractivity contribution is -0.135. The fourth-order valence-corrected chi connectivity index (χ4v) is 3.26. The van der Waals surface area contributed by atoms with Crippen LogP contribution >= 0.6 is 0 Å². The zero-order valence-corrected chi connectivity index (χ0v) is 13.8. The third-order valence-electron chi connectivity index (χ3n) is 3.84. The van der Waals surface area contributed by atoms with Crippen LogP contribution in [-0.4, -0.2) is 21.9 Å². The molecule has 122 valence electrons. The van der Waals surface area contributed by atoms with Gasteiger partial charge in [0, 0.05) is 0 Å². The van der Waals surface area contributed by atoms with Crippen molar-refractivity contribution in [3.8, 4) is 0 Å². The number of carbonyl (C=O) groups is 1. The molecule has 0 saturated heterocycles. The molecule has 0 bridgehead atoms. The largest absolute Gasteiger partial charge is 0.612 e. The molecule has 0 spiro atoms. The molecule has 1 aliphatic carbocycles. The van der Waals surface area contributed by atoms with Crippen molar-refractivity contribution in [2.24, 2.45) is 0 Å². The summed E-state index contributed by atoms with van der Waals surface area (Å²) in [5.74, 6) is -1.34. The molecule has 3 nitrogen and oxygen atoms in total. The number of hydrogen-bond acceptors (Lipinski definition) is 2. The van der Waals surface area contributed by atoms with Gasteiger partial charge in [-0.25, -0.2) is 4.39 Å². The zero-order valence-electron chi connectivity index (χ0n) is 13.0. The van der Waals surface area contributed by atoms with Crippen molar-refractivity contribution in [2.45, 2.75) is 11.3 Å². The minimum absolute atomic E-state index is 0.151. The fourth-order valence-electron chi connectivity index (χ4n) is 2.74. The Bertz CT molecular complexity index is 851. The second-order valence-electron chi connectivity index (χ2n) is 5.55. The average Bonchev–Trinajstić information content (AvgIpc) is 2.84. The van der Waals surface area contributed by atoms with E-state index in [1.165, 1.54) is 12.1 Å². The molecule has 0 saturated carbocycles. The van der Waals surface area contributed by atoms with Gasteiger partial charge >= 0.3 is 5.97 Å². The summed E-state index contributed by atoms with van der Waals surface area (Å²) in [4.78, 5) is 11.8. The highest BCUT2D eigenvalue weighted by molar-refractivity contribution is 7.90. The van der Waals surface area contributed by atoms with E-state index in [0.29, 0.717) is 11.1 Å². The maximum atomic E-state index is 13.5. The van der Waals surface area contributed by atoms with Crippen molar-refractivity contribution >= 4 is 34.4 Å². The fraction of sp³-hybridized carbons (Fsp3) is 0.105. The molecule has 0 radical (unpaired) electrons. The first-order valence-electron chi connectivity index (χ1n) is 7.32. The number of rotatable bonds is 4. The normalized spacial score (nSPS) is 16.0. The molecule has 0 amide bonds. The number of hydrogen-bond donors (Lipinski definition) is 1. The lowest BCUT2D eigenvalue weighted by atomic mass is 10.0. The molecular weight excluding hydrogens is 327 g/mol. The second kappa shape index (κ2) is 6.63. The van der Waals surface area contributed by atoms with Crippen LogP contribution in [0.25, 0.3) is 17.2 Å². The van der Waals surface area contributed by atoms with Crippen LogP contribution in [0, 0.1) is 5.82 Å². The van der Waals surface area contributed by atoms with E-state index in [0.717, 1.165) is 21.6 Å². The van der Waals surface area contributed by atoms with Gasteiger partial charge in [0.15, 0.2) is 4.90 Å². The predicted octanol–water partition coefficient (Wildman–Crippen LogP) is 3.98. The molecule has 1 unspecified atom stereocenters. The Morgan fingerprint density at radius 2 is 1.92 bits per heavy atom. The minimum Gasteiger partial charge on any atom is -0.612 e. The summed E-state index contributed by atoms with van der Waals surface area (Å²) in [5.41, 5.74) is 3.77. The summed E-state index contributed by atoms with van der Waals surface area (Å²) in [5, 5.41) is 9.04. The van der Waals surface area contributed by atoms with Crippen LogP contribution in [0.4, 0.5) is 4.39 Å². The highest BCUT2D eigenvalue weighted by Gasteiger charge is 2.20. The van der Waals surface area contributed by atoms with E-state index >= 15 is 0 Å². The Hall–Kier alpha value is -2.37. The van der Waals surface area contributed by atoms with E-state index < -0.39 is 17.1 Å². The summed E-state index contributed by atoms with van der Waals surface area (Å²) in [6, 6.07) is 11.7. The average molecular weight is 342 g/mol. The smallest absolute Gasteiger partial charge is 0.307 e. The van der Waals surface area contributed by atoms with Gasteiger partial charge in [-0.05, 0) is 87.6 Å². The molecule has 24 heavy (non-hydrogen) atoms. The number of carboxylic acids is 1. The van der Waals surface area contributed by atoms with E-state index in [1.54, 1.807) is 30.5 Å². The first-order chi connectivity index (χ1) is 11.4. The summed E-state index contributed by atoms with van der Waals surface area (Å²) in [7, 11) is 0. The van der Waals surface area contributed by atoms with Gasteiger partial charge in [0.05, 0.1) is 6.42 Å². The van der Waals surface area contributed by atoms with Gasteiger partial charge in [0.25, 0.3) is 0 Å².